The van der Waals surface area contributed by atoms with E-state index in [9.17, 15) is 4.79 Å². The number of Topliss-reactive ketones (excluding diaryl/α,β-unsaturated/α-hetero) is 1. The smallest absolute Gasteiger partial charge is 0.193 e. The van der Waals surface area contributed by atoms with Crippen molar-refractivity contribution in [3.8, 4) is 11.8 Å². The standard InChI is InChI=1S/C13H9BrN2O/c14-10-3-1-4-11(9-10)16-8-2-5-12(16)13(17)6-7-15/h1-5,8-9H,6H2. The van der Waals surface area contributed by atoms with E-state index in [0.717, 1.165) is 10.2 Å². The maximum absolute atomic E-state index is 11.7. The highest BCUT2D eigenvalue weighted by Crippen LogP contribution is 2.18. The Labute approximate surface area is 107 Å². The molecule has 3 nitrogen and oxygen atoms in total. The molecular formula is C13H9BrN2O. The zero-order valence-electron chi connectivity index (χ0n) is 8.93. The minimum Gasteiger partial charge on any atom is -0.314 e. The quantitative estimate of drug-likeness (QED) is 0.813. The molecule has 0 aliphatic carbocycles. The molecule has 0 N–H and O–H groups in total. The average Bonchev–Trinajstić information content (AvgIpc) is 2.78. The first-order valence-electron chi connectivity index (χ1n) is 5.06. The highest BCUT2D eigenvalue weighted by Gasteiger charge is 2.11. The van der Waals surface area contributed by atoms with E-state index in [4.69, 9.17) is 5.26 Å². The molecule has 1 heterocycles. The van der Waals surface area contributed by atoms with Crippen LogP contribution in [-0.4, -0.2) is 10.4 Å². The van der Waals surface area contributed by atoms with Gasteiger partial charge in [-0.3, -0.25) is 4.79 Å². The Morgan fingerprint density at radius 3 is 2.88 bits per heavy atom. The predicted molar refractivity (Wildman–Crippen MR) is 68.0 cm³/mol. The highest BCUT2D eigenvalue weighted by atomic mass is 79.9. The lowest BCUT2D eigenvalue weighted by Crippen LogP contribution is -2.06. The Morgan fingerprint density at radius 2 is 2.18 bits per heavy atom. The van der Waals surface area contributed by atoms with Gasteiger partial charge in [0.1, 0.15) is 6.42 Å². The van der Waals surface area contributed by atoms with E-state index in [1.54, 1.807) is 16.7 Å². The van der Waals surface area contributed by atoms with E-state index in [2.05, 4.69) is 15.9 Å². The van der Waals surface area contributed by atoms with Gasteiger partial charge in [0.15, 0.2) is 5.78 Å². The topological polar surface area (TPSA) is 45.8 Å². The lowest BCUT2D eigenvalue weighted by molar-refractivity contribution is 0.0991. The molecule has 0 saturated carbocycles. The molecule has 1 aromatic carbocycles. The highest BCUT2D eigenvalue weighted by molar-refractivity contribution is 9.10. The number of hydrogen-bond acceptors (Lipinski definition) is 2. The van der Waals surface area contributed by atoms with Gasteiger partial charge in [-0.2, -0.15) is 5.26 Å². The summed E-state index contributed by atoms with van der Waals surface area (Å²) in [6.07, 6.45) is 1.71. The summed E-state index contributed by atoms with van der Waals surface area (Å²) in [5.41, 5.74) is 1.43. The minimum atomic E-state index is -0.169. The van der Waals surface area contributed by atoms with Crippen molar-refractivity contribution in [1.29, 1.82) is 5.26 Å². The summed E-state index contributed by atoms with van der Waals surface area (Å²) in [5, 5.41) is 8.55. The van der Waals surface area contributed by atoms with Gasteiger partial charge >= 0.3 is 0 Å². The van der Waals surface area contributed by atoms with Gasteiger partial charge in [0.2, 0.25) is 0 Å². The third-order valence-corrected chi connectivity index (χ3v) is 2.85. The third kappa shape index (κ3) is 2.45. The maximum Gasteiger partial charge on any atom is 0.193 e. The zero-order chi connectivity index (χ0) is 12.3. The second-order valence-corrected chi connectivity index (χ2v) is 4.42. The summed E-state index contributed by atoms with van der Waals surface area (Å²) >= 11 is 3.39. The Morgan fingerprint density at radius 1 is 1.35 bits per heavy atom. The first kappa shape index (κ1) is 11.6. The molecule has 2 aromatic rings. The van der Waals surface area contributed by atoms with Crippen LogP contribution in [0.2, 0.25) is 0 Å². The van der Waals surface area contributed by atoms with Crippen molar-refractivity contribution >= 4 is 21.7 Å². The van der Waals surface area contributed by atoms with Crippen molar-refractivity contribution in [2.75, 3.05) is 0 Å². The van der Waals surface area contributed by atoms with Gasteiger partial charge in [-0.15, -0.1) is 0 Å². The van der Waals surface area contributed by atoms with Gasteiger partial charge in [-0.05, 0) is 30.3 Å². The van der Waals surface area contributed by atoms with Gasteiger partial charge < -0.3 is 4.57 Å². The summed E-state index contributed by atoms with van der Waals surface area (Å²) in [7, 11) is 0. The summed E-state index contributed by atoms with van der Waals surface area (Å²) < 4.78 is 2.73. The fourth-order valence-corrected chi connectivity index (χ4v) is 2.01. The van der Waals surface area contributed by atoms with Crippen LogP contribution in [0.5, 0.6) is 0 Å². The first-order valence-corrected chi connectivity index (χ1v) is 5.85. The lowest BCUT2D eigenvalue weighted by atomic mass is 10.2. The second-order valence-electron chi connectivity index (χ2n) is 3.50. The molecule has 1 aromatic heterocycles. The number of carbonyl (C=O) groups excluding carboxylic acids is 1. The number of rotatable bonds is 3. The Hall–Kier alpha value is -1.86. The van der Waals surface area contributed by atoms with E-state index in [1.807, 2.05) is 36.5 Å². The largest absolute Gasteiger partial charge is 0.314 e. The number of hydrogen-bond donors (Lipinski definition) is 0. The number of carbonyl (C=O) groups is 1. The van der Waals surface area contributed by atoms with Crippen molar-refractivity contribution in [2.45, 2.75) is 6.42 Å². The van der Waals surface area contributed by atoms with Crippen LogP contribution >= 0.6 is 15.9 Å². The summed E-state index contributed by atoms with van der Waals surface area (Å²) in [6, 6.07) is 13.0. The number of halogens is 1. The summed E-state index contributed by atoms with van der Waals surface area (Å²) in [6.45, 7) is 0. The normalized spacial score (nSPS) is 9.88. The van der Waals surface area contributed by atoms with Crippen LogP contribution < -0.4 is 0 Å². The molecular weight excluding hydrogens is 280 g/mol. The number of aromatic nitrogens is 1. The van der Waals surface area contributed by atoms with E-state index >= 15 is 0 Å². The van der Waals surface area contributed by atoms with Crippen LogP contribution in [0.25, 0.3) is 5.69 Å². The molecule has 2 rings (SSSR count). The molecule has 0 radical (unpaired) electrons. The Kier molecular flexibility index (Phi) is 3.40. The van der Waals surface area contributed by atoms with E-state index in [0.29, 0.717) is 5.69 Å². The van der Waals surface area contributed by atoms with Crippen molar-refractivity contribution in [1.82, 2.24) is 4.57 Å². The van der Waals surface area contributed by atoms with Crippen LogP contribution in [0.15, 0.2) is 47.1 Å². The first-order chi connectivity index (χ1) is 8.22. The van der Waals surface area contributed by atoms with Crippen LogP contribution in [-0.2, 0) is 0 Å². The van der Waals surface area contributed by atoms with Crippen molar-refractivity contribution in [3.05, 3.63) is 52.8 Å². The number of nitrogens with zero attached hydrogens (tertiary/aromatic N) is 2. The Balaban J connectivity index is 2.44. The monoisotopic (exact) mass is 288 g/mol. The maximum atomic E-state index is 11.7. The zero-order valence-corrected chi connectivity index (χ0v) is 10.5. The van der Waals surface area contributed by atoms with Crippen LogP contribution in [0.1, 0.15) is 16.9 Å². The average molecular weight is 289 g/mol. The number of ketones is 1. The second kappa shape index (κ2) is 4.98. The summed E-state index contributed by atoms with van der Waals surface area (Å²) in [4.78, 5) is 11.7. The van der Waals surface area contributed by atoms with Gasteiger partial charge in [0.05, 0.1) is 11.8 Å². The van der Waals surface area contributed by atoms with Crippen molar-refractivity contribution in [2.24, 2.45) is 0 Å². The van der Waals surface area contributed by atoms with Crippen LogP contribution in [0, 0.1) is 11.3 Å². The molecule has 0 bridgehead atoms. The van der Waals surface area contributed by atoms with E-state index in [1.165, 1.54) is 0 Å². The summed E-state index contributed by atoms with van der Waals surface area (Å²) in [5.74, 6) is -0.169. The molecule has 0 saturated heterocycles. The number of nitriles is 1. The molecule has 0 spiro atoms. The fourth-order valence-electron chi connectivity index (χ4n) is 1.62. The van der Waals surface area contributed by atoms with Gasteiger partial charge in [0.25, 0.3) is 0 Å². The van der Waals surface area contributed by atoms with E-state index < -0.39 is 0 Å². The lowest BCUT2D eigenvalue weighted by Gasteiger charge is -2.07. The Bertz CT molecular complexity index is 595. The van der Waals surface area contributed by atoms with Crippen LogP contribution in [0.3, 0.4) is 0 Å². The van der Waals surface area contributed by atoms with E-state index in [-0.39, 0.29) is 12.2 Å². The van der Waals surface area contributed by atoms with Gasteiger partial charge in [-0.25, -0.2) is 0 Å². The predicted octanol–water partition coefficient (Wildman–Crippen LogP) is 3.34. The molecule has 0 fully saturated rings. The molecule has 0 unspecified atom stereocenters. The molecule has 4 heteroatoms. The molecule has 84 valence electrons. The molecule has 17 heavy (non-hydrogen) atoms. The molecule has 0 aliphatic heterocycles. The van der Waals surface area contributed by atoms with Crippen molar-refractivity contribution < 1.29 is 4.79 Å². The number of benzene rings is 1. The third-order valence-electron chi connectivity index (χ3n) is 2.36. The SMILES string of the molecule is N#CCC(=O)c1cccn1-c1cccc(Br)c1. The minimum absolute atomic E-state index is 0.0992. The van der Waals surface area contributed by atoms with Gasteiger partial charge in [0, 0.05) is 16.4 Å². The van der Waals surface area contributed by atoms with Crippen molar-refractivity contribution in [3.63, 3.8) is 0 Å². The fraction of sp³-hybridized carbons (Fsp3) is 0.0769. The van der Waals surface area contributed by atoms with Crippen LogP contribution in [0.4, 0.5) is 0 Å². The molecule has 0 atom stereocenters. The molecule has 0 amide bonds. The molecule has 0 aliphatic rings. The van der Waals surface area contributed by atoms with Gasteiger partial charge in [-0.1, -0.05) is 22.0 Å².